The molecule has 0 saturated heterocycles. The normalized spacial score (nSPS) is 11.3. The second-order valence-electron chi connectivity index (χ2n) is 3.11. The highest BCUT2D eigenvalue weighted by molar-refractivity contribution is 5.76. The topological polar surface area (TPSA) is 56.6 Å². The van der Waals surface area contributed by atoms with Gasteiger partial charge in [0.05, 0.1) is 11.0 Å². The molecule has 0 atom stereocenters. The van der Waals surface area contributed by atoms with Crippen molar-refractivity contribution in [3.05, 3.63) is 24.3 Å². The Balaban J connectivity index is 2.36. The van der Waals surface area contributed by atoms with Crippen molar-refractivity contribution in [1.29, 1.82) is 0 Å². The molecule has 1 aromatic heterocycles. The van der Waals surface area contributed by atoms with Crippen LogP contribution in [0.2, 0.25) is 0 Å². The first-order valence-electron chi connectivity index (χ1n) is 4.29. The fourth-order valence-electron chi connectivity index (χ4n) is 1.12. The minimum absolute atomic E-state index is 0.528. The number of rotatable bonds is 2. The number of fused-ring (bicyclic) bond motifs is 1. The standard InChI is InChI=1S/C9H11N5/c1-14(2)13-12-9-10-7-5-3-4-6-8(7)11-9/h3-6H,1-2H3,(H,10,11). The predicted octanol–water partition coefficient (Wildman–Crippen LogP) is 2.12. The van der Waals surface area contributed by atoms with E-state index < -0.39 is 0 Å². The van der Waals surface area contributed by atoms with Gasteiger partial charge in [0.15, 0.2) is 0 Å². The van der Waals surface area contributed by atoms with Crippen LogP contribution in [-0.4, -0.2) is 29.1 Å². The van der Waals surface area contributed by atoms with Gasteiger partial charge in [0.2, 0.25) is 5.95 Å². The molecule has 1 N–H and O–H groups in total. The number of nitrogens with zero attached hydrogens (tertiary/aromatic N) is 4. The van der Waals surface area contributed by atoms with Gasteiger partial charge in [-0.25, -0.2) is 4.98 Å². The fraction of sp³-hybridized carbons (Fsp3) is 0.222. The molecule has 0 bridgehead atoms. The summed E-state index contributed by atoms with van der Waals surface area (Å²) in [4.78, 5) is 7.29. The molecular weight excluding hydrogens is 178 g/mol. The minimum Gasteiger partial charge on any atom is -0.321 e. The van der Waals surface area contributed by atoms with Crippen LogP contribution in [0.4, 0.5) is 5.95 Å². The van der Waals surface area contributed by atoms with Gasteiger partial charge in [-0.1, -0.05) is 22.5 Å². The smallest absolute Gasteiger partial charge is 0.249 e. The van der Waals surface area contributed by atoms with Crippen LogP contribution in [0.1, 0.15) is 0 Å². The maximum atomic E-state index is 4.24. The Kier molecular flexibility index (Phi) is 2.14. The van der Waals surface area contributed by atoms with E-state index in [4.69, 9.17) is 0 Å². The van der Waals surface area contributed by atoms with Gasteiger partial charge in [-0.3, -0.25) is 5.01 Å². The first-order valence-corrected chi connectivity index (χ1v) is 4.29. The van der Waals surface area contributed by atoms with Gasteiger partial charge in [-0.2, -0.15) is 0 Å². The third-order valence-electron chi connectivity index (χ3n) is 1.70. The van der Waals surface area contributed by atoms with Gasteiger partial charge in [-0.15, -0.1) is 0 Å². The quantitative estimate of drug-likeness (QED) is 0.581. The van der Waals surface area contributed by atoms with Crippen molar-refractivity contribution in [1.82, 2.24) is 15.0 Å². The second kappa shape index (κ2) is 3.45. The zero-order chi connectivity index (χ0) is 9.97. The van der Waals surface area contributed by atoms with E-state index in [0.717, 1.165) is 11.0 Å². The summed E-state index contributed by atoms with van der Waals surface area (Å²) >= 11 is 0. The molecule has 72 valence electrons. The molecule has 0 saturated carbocycles. The maximum absolute atomic E-state index is 4.24. The van der Waals surface area contributed by atoms with Gasteiger partial charge in [0.25, 0.3) is 0 Å². The summed E-state index contributed by atoms with van der Waals surface area (Å²) < 4.78 is 0. The molecule has 0 unspecified atom stereocenters. The summed E-state index contributed by atoms with van der Waals surface area (Å²) in [5.41, 5.74) is 1.88. The average molecular weight is 189 g/mol. The van der Waals surface area contributed by atoms with Crippen LogP contribution in [-0.2, 0) is 0 Å². The highest BCUT2D eigenvalue weighted by Crippen LogP contribution is 2.15. The molecule has 5 nitrogen and oxygen atoms in total. The number of para-hydroxylation sites is 2. The number of nitrogens with one attached hydrogen (secondary N) is 1. The lowest BCUT2D eigenvalue weighted by Gasteiger charge is -1.97. The lowest BCUT2D eigenvalue weighted by Crippen LogP contribution is -1.98. The summed E-state index contributed by atoms with van der Waals surface area (Å²) in [6, 6.07) is 7.78. The molecule has 2 rings (SSSR count). The van der Waals surface area contributed by atoms with Gasteiger partial charge in [0, 0.05) is 14.1 Å². The number of hydrogen-bond donors (Lipinski definition) is 1. The number of hydrogen-bond acceptors (Lipinski definition) is 3. The Hall–Kier alpha value is -1.91. The molecular formula is C9H11N5. The van der Waals surface area contributed by atoms with Crippen LogP contribution in [0, 0.1) is 0 Å². The zero-order valence-corrected chi connectivity index (χ0v) is 8.10. The molecule has 14 heavy (non-hydrogen) atoms. The van der Waals surface area contributed by atoms with Crippen LogP contribution in [0.3, 0.4) is 0 Å². The molecule has 0 aliphatic carbocycles. The highest BCUT2D eigenvalue weighted by Gasteiger charge is 1.99. The van der Waals surface area contributed by atoms with E-state index in [1.54, 1.807) is 5.01 Å². The van der Waals surface area contributed by atoms with Crippen LogP contribution >= 0.6 is 0 Å². The molecule has 0 aliphatic heterocycles. The molecule has 0 spiro atoms. The highest BCUT2D eigenvalue weighted by atomic mass is 15.5. The fourth-order valence-corrected chi connectivity index (χ4v) is 1.12. The van der Waals surface area contributed by atoms with E-state index in [-0.39, 0.29) is 0 Å². The van der Waals surface area contributed by atoms with Gasteiger partial charge in [-0.05, 0) is 12.1 Å². The minimum atomic E-state index is 0.528. The Morgan fingerprint density at radius 3 is 2.79 bits per heavy atom. The van der Waals surface area contributed by atoms with E-state index in [2.05, 4.69) is 20.3 Å². The van der Waals surface area contributed by atoms with Gasteiger partial charge >= 0.3 is 0 Å². The number of benzene rings is 1. The van der Waals surface area contributed by atoms with E-state index in [1.807, 2.05) is 38.4 Å². The Morgan fingerprint density at radius 1 is 1.29 bits per heavy atom. The van der Waals surface area contributed by atoms with Crippen molar-refractivity contribution in [2.75, 3.05) is 14.1 Å². The second-order valence-corrected chi connectivity index (χ2v) is 3.11. The van der Waals surface area contributed by atoms with E-state index >= 15 is 0 Å². The van der Waals surface area contributed by atoms with E-state index in [1.165, 1.54) is 0 Å². The number of aromatic nitrogens is 2. The number of aromatic amines is 1. The Morgan fingerprint density at radius 2 is 2.07 bits per heavy atom. The summed E-state index contributed by atoms with van der Waals surface area (Å²) in [6.45, 7) is 0. The Labute approximate surface area is 81.4 Å². The first-order chi connectivity index (χ1) is 6.75. The van der Waals surface area contributed by atoms with Crippen molar-refractivity contribution in [2.24, 2.45) is 10.3 Å². The van der Waals surface area contributed by atoms with E-state index in [9.17, 15) is 0 Å². The molecule has 1 heterocycles. The molecule has 5 heteroatoms. The summed E-state index contributed by atoms with van der Waals surface area (Å²) in [6.07, 6.45) is 0. The SMILES string of the molecule is CN(C)N=Nc1nc2ccccc2[nH]1. The van der Waals surface area contributed by atoms with Crippen molar-refractivity contribution < 1.29 is 0 Å². The molecule has 2 aromatic rings. The number of H-pyrrole nitrogens is 1. The van der Waals surface area contributed by atoms with Crippen LogP contribution in [0.15, 0.2) is 34.6 Å². The van der Waals surface area contributed by atoms with Gasteiger partial charge in [0.1, 0.15) is 0 Å². The predicted molar refractivity (Wildman–Crippen MR) is 54.3 cm³/mol. The monoisotopic (exact) mass is 189 g/mol. The van der Waals surface area contributed by atoms with E-state index in [0.29, 0.717) is 5.95 Å². The van der Waals surface area contributed by atoms with Crippen molar-refractivity contribution >= 4 is 17.0 Å². The van der Waals surface area contributed by atoms with Crippen molar-refractivity contribution in [3.63, 3.8) is 0 Å². The summed E-state index contributed by atoms with van der Waals surface area (Å²) in [5.74, 6) is 0.528. The van der Waals surface area contributed by atoms with Crippen molar-refractivity contribution in [3.8, 4) is 0 Å². The molecule has 0 amide bonds. The summed E-state index contributed by atoms with van der Waals surface area (Å²) in [5, 5.41) is 9.40. The first kappa shape index (κ1) is 8.68. The Bertz CT molecular complexity index is 424. The lowest BCUT2D eigenvalue weighted by molar-refractivity contribution is 0.407. The van der Waals surface area contributed by atoms with Crippen molar-refractivity contribution in [2.45, 2.75) is 0 Å². The molecule has 0 aliphatic rings. The van der Waals surface area contributed by atoms with Crippen LogP contribution in [0.25, 0.3) is 11.0 Å². The van der Waals surface area contributed by atoms with Gasteiger partial charge < -0.3 is 4.98 Å². The molecule has 0 fully saturated rings. The summed E-state index contributed by atoms with van der Waals surface area (Å²) in [7, 11) is 3.62. The van der Waals surface area contributed by atoms with Crippen LogP contribution in [0.5, 0.6) is 0 Å². The number of imidazole rings is 1. The molecule has 1 aromatic carbocycles. The molecule has 0 radical (unpaired) electrons. The third kappa shape index (κ3) is 1.71. The zero-order valence-electron chi connectivity index (χ0n) is 8.10. The third-order valence-corrected chi connectivity index (χ3v) is 1.70. The average Bonchev–Trinajstić information content (AvgIpc) is 2.57. The largest absolute Gasteiger partial charge is 0.321 e. The lowest BCUT2D eigenvalue weighted by atomic mass is 10.3. The maximum Gasteiger partial charge on any atom is 0.249 e. The van der Waals surface area contributed by atoms with Crippen LogP contribution < -0.4 is 0 Å².